The molecule has 1 atom stereocenters. The lowest BCUT2D eigenvalue weighted by Crippen LogP contribution is -2.38. The van der Waals surface area contributed by atoms with Crippen molar-refractivity contribution >= 4 is 12.0 Å². The van der Waals surface area contributed by atoms with E-state index in [0.29, 0.717) is 18.7 Å². The SMILES string of the molecule is CNC(C)CNC(=O)C1=Cc2ccccc2OC1. The maximum absolute atomic E-state index is 11.9. The molecule has 1 aliphatic heterocycles. The zero-order valence-electron chi connectivity index (χ0n) is 10.7. The van der Waals surface area contributed by atoms with Gasteiger partial charge in [0.25, 0.3) is 5.91 Å². The van der Waals surface area contributed by atoms with Gasteiger partial charge in [0, 0.05) is 18.2 Å². The van der Waals surface area contributed by atoms with Crippen LogP contribution in [0, 0.1) is 0 Å². The van der Waals surface area contributed by atoms with E-state index in [-0.39, 0.29) is 11.9 Å². The molecule has 1 aromatic carbocycles. The second-order valence-electron chi connectivity index (χ2n) is 4.40. The summed E-state index contributed by atoms with van der Waals surface area (Å²) >= 11 is 0. The van der Waals surface area contributed by atoms with Crippen LogP contribution in [-0.2, 0) is 4.79 Å². The van der Waals surface area contributed by atoms with Crippen molar-refractivity contribution in [1.82, 2.24) is 10.6 Å². The normalized spacial score (nSPS) is 15.1. The van der Waals surface area contributed by atoms with Gasteiger partial charge in [-0.1, -0.05) is 18.2 Å². The molecule has 0 aliphatic carbocycles. The number of ether oxygens (including phenoxy) is 1. The second-order valence-corrected chi connectivity index (χ2v) is 4.40. The Hall–Kier alpha value is -1.81. The number of benzene rings is 1. The summed E-state index contributed by atoms with van der Waals surface area (Å²) in [5.41, 5.74) is 1.62. The molecule has 0 bridgehead atoms. The molecule has 0 fully saturated rings. The highest BCUT2D eigenvalue weighted by molar-refractivity contribution is 5.99. The Morgan fingerprint density at radius 3 is 3.00 bits per heavy atom. The maximum atomic E-state index is 11.9. The molecule has 0 saturated carbocycles. The molecule has 96 valence electrons. The fourth-order valence-electron chi connectivity index (χ4n) is 1.71. The van der Waals surface area contributed by atoms with Gasteiger partial charge in [-0.15, -0.1) is 0 Å². The van der Waals surface area contributed by atoms with Crippen molar-refractivity contribution in [3.63, 3.8) is 0 Å². The molecule has 0 radical (unpaired) electrons. The van der Waals surface area contributed by atoms with Crippen molar-refractivity contribution in [3.8, 4) is 5.75 Å². The molecule has 4 heteroatoms. The summed E-state index contributed by atoms with van der Waals surface area (Å²) in [6.07, 6.45) is 1.89. The van der Waals surface area contributed by atoms with E-state index in [9.17, 15) is 4.79 Å². The molecule has 1 heterocycles. The zero-order valence-corrected chi connectivity index (χ0v) is 10.7. The van der Waals surface area contributed by atoms with Gasteiger partial charge >= 0.3 is 0 Å². The molecule has 2 rings (SSSR count). The van der Waals surface area contributed by atoms with E-state index in [1.807, 2.05) is 44.3 Å². The summed E-state index contributed by atoms with van der Waals surface area (Å²) in [6, 6.07) is 7.96. The summed E-state index contributed by atoms with van der Waals surface area (Å²) in [5.74, 6) is 0.768. The van der Waals surface area contributed by atoms with E-state index in [1.165, 1.54) is 0 Å². The quantitative estimate of drug-likeness (QED) is 0.839. The minimum atomic E-state index is -0.0633. The Morgan fingerprint density at radius 2 is 2.22 bits per heavy atom. The summed E-state index contributed by atoms with van der Waals surface area (Å²) in [5, 5.41) is 5.96. The Labute approximate surface area is 107 Å². The molecule has 1 aliphatic rings. The number of carbonyl (C=O) groups is 1. The largest absolute Gasteiger partial charge is 0.488 e. The minimum Gasteiger partial charge on any atom is -0.488 e. The van der Waals surface area contributed by atoms with E-state index in [1.54, 1.807) is 0 Å². The van der Waals surface area contributed by atoms with Crippen LogP contribution in [0.15, 0.2) is 29.8 Å². The average Bonchev–Trinajstić information content (AvgIpc) is 2.43. The zero-order chi connectivity index (χ0) is 13.0. The topological polar surface area (TPSA) is 50.4 Å². The number of amides is 1. The van der Waals surface area contributed by atoms with Crippen LogP contribution < -0.4 is 15.4 Å². The van der Waals surface area contributed by atoms with Gasteiger partial charge in [-0.05, 0) is 26.1 Å². The molecule has 18 heavy (non-hydrogen) atoms. The first-order chi connectivity index (χ1) is 8.70. The number of carbonyl (C=O) groups excluding carboxylic acids is 1. The van der Waals surface area contributed by atoms with Gasteiger partial charge in [-0.25, -0.2) is 0 Å². The predicted octanol–water partition coefficient (Wildman–Crippen LogP) is 1.19. The van der Waals surface area contributed by atoms with Crippen LogP contribution >= 0.6 is 0 Å². The Morgan fingerprint density at radius 1 is 1.44 bits per heavy atom. The third kappa shape index (κ3) is 2.90. The highest BCUT2D eigenvalue weighted by Crippen LogP contribution is 2.25. The van der Waals surface area contributed by atoms with Crippen LogP contribution in [-0.4, -0.2) is 32.1 Å². The van der Waals surface area contributed by atoms with Gasteiger partial charge < -0.3 is 15.4 Å². The fourth-order valence-corrected chi connectivity index (χ4v) is 1.71. The van der Waals surface area contributed by atoms with Crippen LogP contribution in [0.5, 0.6) is 5.75 Å². The van der Waals surface area contributed by atoms with E-state index < -0.39 is 0 Å². The first-order valence-corrected chi connectivity index (χ1v) is 6.08. The highest BCUT2D eigenvalue weighted by Gasteiger charge is 2.16. The molecule has 2 N–H and O–H groups in total. The van der Waals surface area contributed by atoms with Crippen LogP contribution in [0.1, 0.15) is 12.5 Å². The number of hydrogen-bond acceptors (Lipinski definition) is 3. The Bertz CT molecular complexity index is 469. The Kier molecular flexibility index (Phi) is 3.99. The van der Waals surface area contributed by atoms with E-state index in [2.05, 4.69) is 10.6 Å². The number of hydrogen-bond donors (Lipinski definition) is 2. The number of likely N-dealkylation sites (N-methyl/N-ethyl adjacent to an activating group) is 1. The first kappa shape index (κ1) is 12.6. The lowest BCUT2D eigenvalue weighted by molar-refractivity contribution is -0.117. The Balaban J connectivity index is 2.02. The van der Waals surface area contributed by atoms with Gasteiger partial charge in [0.15, 0.2) is 0 Å². The molecule has 4 nitrogen and oxygen atoms in total. The molecule has 0 saturated heterocycles. The van der Waals surface area contributed by atoms with Gasteiger partial charge in [0.1, 0.15) is 12.4 Å². The van der Waals surface area contributed by atoms with Crippen molar-refractivity contribution in [2.45, 2.75) is 13.0 Å². The third-order valence-electron chi connectivity index (χ3n) is 2.99. The third-order valence-corrected chi connectivity index (χ3v) is 2.99. The molecule has 0 aromatic heterocycles. The summed E-state index contributed by atoms with van der Waals surface area (Å²) in [4.78, 5) is 11.9. The molecule has 1 amide bonds. The smallest absolute Gasteiger partial charge is 0.250 e. The van der Waals surface area contributed by atoms with Crippen molar-refractivity contribution in [2.75, 3.05) is 20.2 Å². The molecule has 1 unspecified atom stereocenters. The lowest BCUT2D eigenvalue weighted by atomic mass is 10.1. The molecule has 0 spiro atoms. The van der Waals surface area contributed by atoms with Gasteiger partial charge in [-0.3, -0.25) is 4.79 Å². The monoisotopic (exact) mass is 246 g/mol. The summed E-state index contributed by atoms with van der Waals surface area (Å²) in [7, 11) is 1.87. The van der Waals surface area contributed by atoms with Crippen LogP contribution in [0.3, 0.4) is 0 Å². The van der Waals surface area contributed by atoms with Crippen molar-refractivity contribution in [1.29, 1.82) is 0 Å². The van der Waals surface area contributed by atoms with E-state index >= 15 is 0 Å². The standard InChI is InChI=1S/C14H18N2O2/c1-10(15-2)8-16-14(17)12-7-11-5-3-4-6-13(11)18-9-12/h3-7,10,15H,8-9H2,1-2H3,(H,16,17). The maximum Gasteiger partial charge on any atom is 0.250 e. The van der Waals surface area contributed by atoms with Gasteiger partial charge in [0.2, 0.25) is 0 Å². The molecular formula is C14H18N2O2. The van der Waals surface area contributed by atoms with E-state index in [4.69, 9.17) is 4.74 Å². The number of fused-ring (bicyclic) bond motifs is 1. The first-order valence-electron chi connectivity index (χ1n) is 6.08. The molecular weight excluding hydrogens is 228 g/mol. The van der Waals surface area contributed by atoms with E-state index in [0.717, 1.165) is 11.3 Å². The van der Waals surface area contributed by atoms with Gasteiger partial charge in [-0.2, -0.15) is 0 Å². The summed E-state index contributed by atoms with van der Waals surface area (Å²) in [6.45, 7) is 2.95. The lowest BCUT2D eigenvalue weighted by Gasteiger charge is -2.18. The number of nitrogens with one attached hydrogen (secondary N) is 2. The van der Waals surface area contributed by atoms with Crippen LogP contribution in [0.25, 0.3) is 6.08 Å². The number of para-hydroxylation sites is 1. The number of rotatable bonds is 4. The average molecular weight is 246 g/mol. The predicted molar refractivity (Wildman–Crippen MR) is 71.4 cm³/mol. The van der Waals surface area contributed by atoms with Gasteiger partial charge in [0.05, 0.1) is 5.57 Å². The van der Waals surface area contributed by atoms with Crippen LogP contribution in [0.2, 0.25) is 0 Å². The molecule has 1 aromatic rings. The van der Waals surface area contributed by atoms with Crippen molar-refractivity contribution in [3.05, 3.63) is 35.4 Å². The highest BCUT2D eigenvalue weighted by atomic mass is 16.5. The second kappa shape index (κ2) is 5.69. The minimum absolute atomic E-state index is 0.0633. The van der Waals surface area contributed by atoms with Crippen molar-refractivity contribution < 1.29 is 9.53 Å². The van der Waals surface area contributed by atoms with Crippen molar-refractivity contribution in [2.24, 2.45) is 0 Å². The van der Waals surface area contributed by atoms with Crippen LogP contribution in [0.4, 0.5) is 0 Å². The summed E-state index contributed by atoms with van der Waals surface area (Å²) < 4.78 is 5.55. The fraction of sp³-hybridized carbons (Fsp3) is 0.357.